The minimum absolute atomic E-state index is 0.197. The molecule has 2 aromatic heterocycles. The molecule has 0 saturated heterocycles. The molecule has 20 heavy (non-hydrogen) atoms. The van der Waals surface area contributed by atoms with Gasteiger partial charge in [0, 0.05) is 32.4 Å². The van der Waals surface area contributed by atoms with Crippen LogP contribution >= 0.6 is 0 Å². The summed E-state index contributed by atoms with van der Waals surface area (Å²) in [6.07, 6.45) is 3.48. The maximum atomic E-state index is 13.7. The van der Waals surface area contributed by atoms with Crippen molar-refractivity contribution in [1.82, 2.24) is 14.5 Å². The van der Waals surface area contributed by atoms with Gasteiger partial charge in [-0.1, -0.05) is 18.2 Å². The van der Waals surface area contributed by atoms with Crippen molar-refractivity contribution in [3.05, 3.63) is 54.2 Å². The number of hydrogen-bond acceptors (Lipinski definition) is 3. The molecule has 1 aromatic carbocycles. The Bertz CT molecular complexity index is 750. The predicted octanol–water partition coefficient (Wildman–Crippen LogP) is 2.74. The van der Waals surface area contributed by atoms with Gasteiger partial charge in [-0.05, 0) is 12.1 Å². The van der Waals surface area contributed by atoms with Crippen LogP contribution in [-0.4, -0.2) is 21.6 Å². The number of aromatic nitrogens is 3. The van der Waals surface area contributed by atoms with Crippen LogP contribution in [-0.2, 0) is 13.6 Å². The molecule has 0 spiro atoms. The molecule has 4 nitrogen and oxygen atoms in total. The van der Waals surface area contributed by atoms with Gasteiger partial charge >= 0.3 is 0 Å². The van der Waals surface area contributed by atoms with Crippen molar-refractivity contribution in [3.63, 3.8) is 0 Å². The van der Waals surface area contributed by atoms with Crippen molar-refractivity contribution in [2.75, 3.05) is 11.9 Å². The second kappa shape index (κ2) is 4.92. The molecule has 3 aromatic rings. The number of anilines is 1. The molecule has 0 radical (unpaired) electrons. The van der Waals surface area contributed by atoms with Gasteiger partial charge in [-0.15, -0.1) is 0 Å². The SMILES string of the molecule is CN(Cc1ccccc1F)c1ncnc2c1ccn2C. The van der Waals surface area contributed by atoms with E-state index in [0.29, 0.717) is 12.1 Å². The summed E-state index contributed by atoms with van der Waals surface area (Å²) in [7, 11) is 3.84. The monoisotopic (exact) mass is 270 g/mol. The van der Waals surface area contributed by atoms with Crippen molar-refractivity contribution < 1.29 is 4.39 Å². The molecule has 102 valence electrons. The van der Waals surface area contributed by atoms with Crippen LogP contribution in [0.4, 0.5) is 10.2 Å². The molecule has 3 rings (SSSR count). The second-order valence-electron chi connectivity index (χ2n) is 4.81. The van der Waals surface area contributed by atoms with Crippen molar-refractivity contribution in [3.8, 4) is 0 Å². The van der Waals surface area contributed by atoms with Crippen molar-refractivity contribution in [2.24, 2.45) is 7.05 Å². The van der Waals surface area contributed by atoms with Gasteiger partial charge in [-0.2, -0.15) is 0 Å². The van der Waals surface area contributed by atoms with Crippen LogP contribution in [0.25, 0.3) is 11.0 Å². The zero-order valence-corrected chi connectivity index (χ0v) is 11.4. The molecule has 0 saturated carbocycles. The summed E-state index contributed by atoms with van der Waals surface area (Å²) in [4.78, 5) is 10.5. The van der Waals surface area contributed by atoms with Gasteiger partial charge in [0.2, 0.25) is 0 Å². The summed E-state index contributed by atoms with van der Waals surface area (Å²) in [6.45, 7) is 0.466. The fraction of sp³-hybridized carbons (Fsp3) is 0.200. The number of rotatable bonds is 3. The van der Waals surface area contributed by atoms with Gasteiger partial charge in [-0.3, -0.25) is 0 Å². The van der Waals surface area contributed by atoms with Crippen LogP contribution in [0.15, 0.2) is 42.9 Å². The van der Waals surface area contributed by atoms with Crippen molar-refractivity contribution in [2.45, 2.75) is 6.54 Å². The predicted molar refractivity (Wildman–Crippen MR) is 77.0 cm³/mol. The van der Waals surface area contributed by atoms with Crippen LogP contribution in [0.2, 0.25) is 0 Å². The first-order valence-electron chi connectivity index (χ1n) is 6.37. The summed E-state index contributed by atoms with van der Waals surface area (Å²) in [6, 6.07) is 8.77. The zero-order chi connectivity index (χ0) is 14.1. The molecule has 0 bridgehead atoms. The summed E-state index contributed by atoms with van der Waals surface area (Å²) in [5.41, 5.74) is 1.52. The average Bonchev–Trinajstić information content (AvgIpc) is 2.83. The molecule has 0 aliphatic carbocycles. The van der Waals surface area contributed by atoms with E-state index in [1.165, 1.54) is 12.4 Å². The van der Waals surface area contributed by atoms with Crippen LogP contribution in [0.5, 0.6) is 0 Å². The van der Waals surface area contributed by atoms with Crippen LogP contribution in [0.1, 0.15) is 5.56 Å². The fourth-order valence-corrected chi connectivity index (χ4v) is 2.33. The lowest BCUT2D eigenvalue weighted by molar-refractivity contribution is 0.607. The van der Waals surface area contributed by atoms with E-state index in [9.17, 15) is 4.39 Å². The second-order valence-corrected chi connectivity index (χ2v) is 4.81. The topological polar surface area (TPSA) is 34.0 Å². The van der Waals surface area contributed by atoms with Gasteiger partial charge in [0.1, 0.15) is 23.6 Å². The highest BCUT2D eigenvalue weighted by molar-refractivity contribution is 5.87. The van der Waals surface area contributed by atoms with Gasteiger partial charge in [-0.25, -0.2) is 14.4 Å². The summed E-state index contributed by atoms with van der Waals surface area (Å²) >= 11 is 0. The van der Waals surface area contributed by atoms with E-state index in [2.05, 4.69) is 9.97 Å². The quantitative estimate of drug-likeness (QED) is 0.734. The molecule has 0 unspecified atom stereocenters. The highest BCUT2D eigenvalue weighted by Gasteiger charge is 2.12. The third-order valence-electron chi connectivity index (χ3n) is 3.37. The first-order valence-corrected chi connectivity index (χ1v) is 6.37. The van der Waals surface area contributed by atoms with E-state index in [4.69, 9.17) is 0 Å². The number of halogens is 1. The Hall–Kier alpha value is -2.43. The fourth-order valence-electron chi connectivity index (χ4n) is 2.33. The maximum Gasteiger partial charge on any atom is 0.145 e. The Balaban J connectivity index is 1.97. The number of hydrogen-bond donors (Lipinski definition) is 0. The van der Waals surface area contributed by atoms with E-state index in [1.807, 2.05) is 41.9 Å². The number of aryl methyl sites for hydroxylation is 1. The van der Waals surface area contributed by atoms with Crippen molar-refractivity contribution >= 4 is 16.9 Å². The number of benzene rings is 1. The largest absolute Gasteiger partial charge is 0.355 e. The molecule has 0 atom stereocenters. The lowest BCUT2D eigenvalue weighted by Crippen LogP contribution is -2.18. The first kappa shape index (κ1) is 12.6. The normalized spacial score (nSPS) is 10.9. The van der Waals surface area contributed by atoms with E-state index < -0.39 is 0 Å². The third kappa shape index (κ3) is 2.11. The average molecular weight is 270 g/mol. The Kier molecular flexibility index (Phi) is 3.10. The van der Waals surface area contributed by atoms with Crippen LogP contribution in [0.3, 0.4) is 0 Å². The highest BCUT2D eigenvalue weighted by atomic mass is 19.1. The Morgan fingerprint density at radius 1 is 1.20 bits per heavy atom. The van der Waals surface area contributed by atoms with E-state index in [-0.39, 0.29) is 5.82 Å². The summed E-state index contributed by atoms with van der Waals surface area (Å²) in [5, 5.41) is 0.967. The zero-order valence-electron chi connectivity index (χ0n) is 11.4. The highest BCUT2D eigenvalue weighted by Crippen LogP contribution is 2.23. The van der Waals surface area contributed by atoms with Gasteiger partial charge < -0.3 is 9.47 Å². The minimum Gasteiger partial charge on any atom is -0.355 e. The Morgan fingerprint density at radius 3 is 2.80 bits per heavy atom. The van der Waals surface area contributed by atoms with Gasteiger partial charge in [0.05, 0.1) is 5.39 Å². The molecule has 5 heteroatoms. The smallest absolute Gasteiger partial charge is 0.145 e. The van der Waals surface area contributed by atoms with Gasteiger partial charge in [0.25, 0.3) is 0 Å². The maximum absolute atomic E-state index is 13.7. The molecule has 0 amide bonds. The standard InChI is InChI=1S/C15H15FN4/c1-19-8-7-12-14(19)17-10-18-15(12)20(2)9-11-5-3-4-6-13(11)16/h3-8,10H,9H2,1-2H3. The molecular weight excluding hydrogens is 255 g/mol. The lowest BCUT2D eigenvalue weighted by atomic mass is 10.2. The van der Waals surface area contributed by atoms with Crippen LogP contribution in [0, 0.1) is 5.82 Å². The van der Waals surface area contributed by atoms with Gasteiger partial charge in [0.15, 0.2) is 0 Å². The van der Waals surface area contributed by atoms with Crippen LogP contribution < -0.4 is 4.90 Å². The molecule has 0 aliphatic heterocycles. The number of fused-ring (bicyclic) bond motifs is 1. The van der Waals surface area contributed by atoms with E-state index in [1.54, 1.807) is 12.1 Å². The van der Waals surface area contributed by atoms with Crippen molar-refractivity contribution in [1.29, 1.82) is 0 Å². The first-order chi connectivity index (χ1) is 9.66. The Labute approximate surface area is 116 Å². The summed E-state index contributed by atoms with van der Waals surface area (Å²) in [5.74, 6) is 0.608. The molecule has 0 N–H and O–H groups in total. The summed E-state index contributed by atoms with van der Waals surface area (Å²) < 4.78 is 15.7. The molecular formula is C15H15FN4. The Morgan fingerprint density at radius 2 is 2.00 bits per heavy atom. The van der Waals surface area contributed by atoms with E-state index >= 15 is 0 Å². The lowest BCUT2D eigenvalue weighted by Gasteiger charge is -2.19. The molecule has 0 fully saturated rings. The third-order valence-corrected chi connectivity index (χ3v) is 3.37. The number of nitrogens with zero attached hydrogens (tertiary/aromatic N) is 4. The minimum atomic E-state index is -0.197. The molecule has 0 aliphatic rings. The van der Waals surface area contributed by atoms with E-state index in [0.717, 1.165) is 16.9 Å². The molecule has 2 heterocycles.